The van der Waals surface area contributed by atoms with Gasteiger partial charge in [-0.05, 0) is 0 Å². The van der Waals surface area contributed by atoms with Gasteiger partial charge in [0.1, 0.15) is 0 Å². The summed E-state index contributed by atoms with van der Waals surface area (Å²) in [6, 6.07) is 0. The molecule has 0 heterocycles. The first-order valence-electron chi connectivity index (χ1n) is 10.6. The van der Waals surface area contributed by atoms with Gasteiger partial charge in [-0.2, -0.15) is 19.8 Å². The maximum Gasteiger partial charge on any atom is 1.00 e. The summed E-state index contributed by atoms with van der Waals surface area (Å²) in [5, 5.41) is 18.6. The maximum absolute atomic E-state index is 9.28. The van der Waals surface area contributed by atoms with E-state index < -0.39 is 18.4 Å². The first kappa shape index (κ1) is 40.9. The maximum atomic E-state index is 9.28. The molecule has 0 amide bonds. The number of carbonyl (C=O) groups is 2. The van der Waals surface area contributed by atoms with Crippen LogP contribution in [-0.4, -0.2) is 11.9 Å². The van der Waals surface area contributed by atoms with Gasteiger partial charge in [0.25, 0.3) is 0 Å². The molecule has 0 spiro atoms. The molecule has 0 saturated heterocycles. The van der Waals surface area contributed by atoms with Crippen LogP contribution in [0.5, 0.6) is 0 Å². The Hall–Kier alpha value is 1.54. The third-order valence-electron chi connectivity index (χ3n) is 4.45. The molecule has 29 heavy (non-hydrogen) atoms. The molecule has 4 nitrogen and oxygen atoms in total. The first-order chi connectivity index (χ1) is 12.4. The van der Waals surface area contributed by atoms with E-state index in [1.165, 1.54) is 96.3 Å². The summed E-state index contributed by atoms with van der Waals surface area (Å²) in [6.45, 7) is 6.95. The van der Waals surface area contributed by atoms with E-state index in [9.17, 15) is 19.8 Å². The number of carboxylic acids is 2. The SMILES string of the molecule is CCCCCCCCCCCC[C-](C)CCCCC.O=C([O-])CC(=O)[O-].[Li+].[Na+].[Na+]. The molecule has 156 valence electrons. The zero-order valence-electron chi connectivity index (χ0n) is 20.4. The molecule has 0 aliphatic rings. The summed E-state index contributed by atoms with van der Waals surface area (Å²) in [5.74, 6) is -1.51. The Labute approximate surface area is 236 Å². The van der Waals surface area contributed by atoms with Crippen LogP contribution in [0.1, 0.15) is 124 Å². The van der Waals surface area contributed by atoms with Crippen LogP contribution < -0.4 is 88.2 Å². The monoisotopic (exact) mass is 422 g/mol. The van der Waals surface area contributed by atoms with Crippen LogP contribution in [-0.2, 0) is 9.59 Å². The minimum Gasteiger partial charge on any atom is -0.550 e. The van der Waals surface area contributed by atoms with Crippen molar-refractivity contribution in [2.24, 2.45) is 0 Å². The Morgan fingerprint density at radius 2 is 0.897 bits per heavy atom. The van der Waals surface area contributed by atoms with E-state index >= 15 is 0 Å². The number of hydrogen-bond acceptors (Lipinski definition) is 4. The van der Waals surface area contributed by atoms with Gasteiger partial charge >= 0.3 is 78.0 Å². The molecule has 7 heteroatoms. The van der Waals surface area contributed by atoms with E-state index in [1.807, 2.05) is 0 Å². The van der Waals surface area contributed by atoms with Gasteiger partial charge in [0, 0.05) is 18.4 Å². The van der Waals surface area contributed by atoms with Crippen LogP contribution in [0.3, 0.4) is 0 Å². The fraction of sp³-hybridized carbons (Fsp3) is 0.864. The van der Waals surface area contributed by atoms with Gasteiger partial charge in [-0.1, -0.05) is 97.3 Å². The molecule has 0 aromatic rings. The Balaban J connectivity index is -0.000000166. The van der Waals surface area contributed by atoms with Gasteiger partial charge in [-0.25, -0.2) is 0 Å². The van der Waals surface area contributed by atoms with Crippen molar-refractivity contribution in [3.63, 3.8) is 0 Å². The number of unbranched alkanes of at least 4 members (excludes halogenated alkanes) is 11. The smallest absolute Gasteiger partial charge is 0.550 e. The number of hydrogen-bond donors (Lipinski definition) is 0. The van der Waals surface area contributed by atoms with E-state index in [1.54, 1.807) is 5.92 Å². The van der Waals surface area contributed by atoms with Crippen molar-refractivity contribution < 1.29 is 97.8 Å². The normalized spacial score (nSPS) is 9.38. The van der Waals surface area contributed by atoms with Gasteiger partial charge in [0.15, 0.2) is 0 Å². The molecule has 0 atom stereocenters. The fourth-order valence-corrected chi connectivity index (χ4v) is 2.83. The Morgan fingerprint density at radius 3 is 1.21 bits per heavy atom. The van der Waals surface area contributed by atoms with Gasteiger partial charge in [0.05, 0.1) is 0 Å². The second-order valence-corrected chi connectivity index (χ2v) is 7.27. The molecular weight excluding hydrogens is 381 g/mol. The Kier molecular flexibility index (Phi) is 48.1. The molecule has 0 unspecified atom stereocenters. The quantitative estimate of drug-likeness (QED) is 0.102. The summed E-state index contributed by atoms with van der Waals surface area (Å²) in [6.07, 6.45) is 20.4. The van der Waals surface area contributed by atoms with E-state index in [2.05, 4.69) is 20.8 Å². The van der Waals surface area contributed by atoms with E-state index in [4.69, 9.17) is 0 Å². The molecule has 0 aromatic heterocycles. The topological polar surface area (TPSA) is 80.3 Å². The molecule has 0 saturated carbocycles. The zero-order chi connectivity index (χ0) is 20.0. The number of aliphatic carboxylic acids is 2. The van der Waals surface area contributed by atoms with Crippen LogP contribution in [0, 0.1) is 5.92 Å². The van der Waals surface area contributed by atoms with Crippen molar-refractivity contribution in [1.82, 2.24) is 0 Å². The molecular formula is C22H41LiNa2O4. The average Bonchev–Trinajstić information content (AvgIpc) is 2.56. The predicted octanol–water partition coefficient (Wildman–Crippen LogP) is -4.64. The van der Waals surface area contributed by atoms with Crippen molar-refractivity contribution in [3.8, 4) is 0 Å². The van der Waals surface area contributed by atoms with Crippen molar-refractivity contribution >= 4 is 11.9 Å². The minimum absolute atomic E-state index is 0. The van der Waals surface area contributed by atoms with Crippen LogP contribution in [0.4, 0.5) is 0 Å². The zero-order valence-corrected chi connectivity index (χ0v) is 24.4. The second-order valence-electron chi connectivity index (χ2n) is 7.27. The molecule has 0 aliphatic heterocycles. The first-order valence-corrected chi connectivity index (χ1v) is 10.6. The largest absolute Gasteiger partial charge is 1.00 e. The van der Waals surface area contributed by atoms with Crippen molar-refractivity contribution in [1.29, 1.82) is 0 Å². The van der Waals surface area contributed by atoms with Gasteiger partial charge in [-0.3, -0.25) is 0 Å². The Morgan fingerprint density at radius 1 is 0.621 bits per heavy atom. The van der Waals surface area contributed by atoms with Crippen LogP contribution >= 0.6 is 0 Å². The van der Waals surface area contributed by atoms with Gasteiger partial charge < -0.3 is 25.7 Å². The average molecular weight is 422 g/mol. The summed E-state index contributed by atoms with van der Waals surface area (Å²) < 4.78 is 0. The van der Waals surface area contributed by atoms with Crippen LogP contribution in [0.15, 0.2) is 0 Å². The molecule has 0 rings (SSSR count). The second kappa shape index (κ2) is 34.2. The Bertz CT molecular complexity index is 320. The summed E-state index contributed by atoms with van der Waals surface area (Å²) in [7, 11) is 0. The number of carboxylic acid groups (broad SMARTS) is 2. The van der Waals surface area contributed by atoms with Crippen LogP contribution in [0.25, 0.3) is 0 Å². The summed E-state index contributed by atoms with van der Waals surface area (Å²) in [5.41, 5.74) is 0. The molecule has 0 aromatic carbocycles. The predicted molar refractivity (Wildman–Crippen MR) is 104 cm³/mol. The summed E-state index contributed by atoms with van der Waals surface area (Å²) >= 11 is 0. The molecule has 0 fully saturated rings. The van der Waals surface area contributed by atoms with Crippen LogP contribution in [0.2, 0.25) is 0 Å². The fourth-order valence-electron chi connectivity index (χ4n) is 2.83. The number of carbonyl (C=O) groups excluding carboxylic acids is 2. The molecule has 0 aliphatic carbocycles. The van der Waals surface area contributed by atoms with E-state index in [0.29, 0.717) is 0 Å². The standard InChI is InChI=1S/C19H39.C3H4O4.Li.2Na/c1-4-6-8-9-10-11-12-13-14-16-18-19(3)17-15-7-5-2;4-2(5)1-3(6)7;;;/h4-18H2,1-3H3;1H2,(H,4,5)(H,6,7);;;/q-1;;3*+1/p-2. The molecule has 0 N–H and O–H groups in total. The molecule has 0 radical (unpaired) electrons. The third-order valence-corrected chi connectivity index (χ3v) is 4.45. The summed E-state index contributed by atoms with van der Waals surface area (Å²) in [4.78, 5) is 18.6. The van der Waals surface area contributed by atoms with E-state index in [-0.39, 0.29) is 78.0 Å². The van der Waals surface area contributed by atoms with E-state index in [0.717, 1.165) is 0 Å². The number of rotatable bonds is 17. The molecule has 0 bridgehead atoms. The minimum atomic E-state index is -1.63. The van der Waals surface area contributed by atoms with Crippen molar-refractivity contribution in [2.45, 2.75) is 124 Å². The van der Waals surface area contributed by atoms with Gasteiger partial charge in [-0.15, -0.1) is 0 Å². The van der Waals surface area contributed by atoms with Crippen molar-refractivity contribution in [2.75, 3.05) is 0 Å². The third kappa shape index (κ3) is 44.1. The van der Waals surface area contributed by atoms with Gasteiger partial charge in [0.2, 0.25) is 0 Å². The van der Waals surface area contributed by atoms with Crippen molar-refractivity contribution in [3.05, 3.63) is 5.92 Å².